The van der Waals surface area contributed by atoms with Crippen LogP contribution in [0.3, 0.4) is 0 Å². The monoisotopic (exact) mass is 397 g/mol. The molecule has 4 heteroatoms. The molecule has 2 aromatic carbocycles. The maximum absolute atomic E-state index is 13.0. The zero-order valence-electron chi connectivity index (χ0n) is 17.3. The number of pyridine rings is 1. The second kappa shape index (κ2) is 8.95. The molecule has 1 heterocycles. The summed E-state index contributed by atoms with van der Waals surface area (Å²) in [4.78, 5) is 17.3. The first kappa shape index (κ1) is 19.9. The molecule has 0 atom stereocenters. The first-order chi connectivity index (χ1) is 14.6. The number of nitrogens with zero attached hydrogens (tertiary/aromatic N) is 1. The van der Waals surface area contributed by atoms with E-state index in [2.05, 4.69) is 53.6 Å². The third-order valence-corrected chi connectivity index (χ3v) is 5.64. The molecule has 0 bridgehead atoms. The van der Waals surface area contributed by atoms with E-state index in [-0.39, 0.29) is 5.91 Å². The van der Waals surface area contributed by atoms with Crippen molar-refractivity contribution in [2.24, 2.45) is 0 Å². The van der Waals surface area contributed by atoms with Crippen molar-refractivity contribution >= 4 is 28.2 Å². The molecule has 0 spiro atoms. The van der Waals surface area contributed by atoms with E-state index in [0.717, 1.165) is 59.8 Å². The van der Waals surface area contributed by atoms with Crippen LogP contribution in [-0.2, 0) is 17.6 Å². The maximum atomic E-state index is 13.0. The first-order valence-corrected chi connectivity index (χ1v) is 10.6. The number of aromatic nitrogens is 1. The van der Waals surface area contributed by atoms with Crippen LogP contribution >= 0.6 is 0 Å². The van der Waals surface area contributed by atoms with E-state index in [1.807, 2.05) is 18.2 Å². The van der Waals surface area contributed by atoms with Gasteiger partial charge < -0.3 is 11.1 Å². The Hall–Kier alpha value is -3.40. The molecule has 3 N–H and O–H groups in total. The molecular formula is C26H27N3O. The standard InChI is InChI=1S/C26H27N3O/c1-2-18-7-9-19(10-8-18)11-12-20-5-3-4-6-22(20)26(30)29-21-13-14-25-23(17-21)24(27)15-16-28-25/h5-10,13-17H,2-4,11-12H2,1H3,(H2,27,28)(H,29,30). The molecule has 0 saturated carbocycles. The van der Waals surface area contributed by atoms with Gasteiger partial charge in [-0.3, -0.25) is 9.78 Å². The molecule has 152 valence electrons. The smallest absolute Gasteiger partial charge is 0.255 e. The van der Waals surface area contributed by atoms with E-state index in [0.29, 0.717) is 5.69 Å². The molecule has 1 aromatic heterocycles. The van der Waals surface area contributed by atoms with E-state index in [9.17, 15) is 4.79 Å². The van der Waals surface area contributed by atoms with Crippen molar-refractivity contribution in [3.63, 3.8) is 0 Å². The number of anilines is 2. The highest BCUT2D eigenvalue weighted by Crippen LogP contribution is 2.27. The Bertz CT molecular complexity index is 1130. The zero-order chi connectivity index (χ0) is 20.9. The molecule has 0 fully saturated rings. The molecule has 1 amide bonds. The predicted octanol–water partition coefficient (Wildman–Crippen LogP) is 5.60. The number of fused-ring (bicyclic) bond motifs is 1. The number of hydrogen-bond acceptors (Lipinski definition) is 3. The zero-order valence-corrected chi connectivity index (χ0v) is 17.3. The summed E-state index contributed by atoms with van der Waals surface area (Å²) in [5.74, 6) is -0.0657. The molecule has 0 radical (unpaired) electrons. The summed E-state index contributed by atoms with van der Waals surface area (Å²) in [7, 11) is 0. The number of amides is 1. The van der Waals surface area contributed by atoms with E-state index in [4.69, 9.17) is 5.73 Å². The number of carbonyl (C=O) groups excluding carboxylic acids is 1. The highest BCUT2D eigenvalue weighted by molar-refractivity contribution is 6.08. The van der Waals surface area contributed by atoms with E-state index in [1.54, 1.807) is 12.3 Å². The van der Waals surface area contributed by atoms with Gasteiger partial charge in [-0.05, 0) is 73.1 Å². The van der Waals surface area contributed by atoms with Crippen molar-refractivity contribution in [2.45, 2.75) is 39.0 Å². The number of carbonyl (C=O) groups is 1. The summed E-state index contributed by atoms with van der Waals surface area (Å²) in [6, 6.07) is 16.2. The summed E-state index contributed by atoms with van der Waals surface area (Å²) in [6.07, 6.45) is 10.7. The van der Waals surface area contributed by atoms with Gasteiger partial charge in [0, 0.05) is 28.5 Å². The minimum atomic E-state index is -0.0657. The van der Waals surface area contributed by atoms with E-state index >= 15 is 0 Å². The van der Waals surface area contributed by atoms with Gasteiger partial charge in [0.2, 0.25) is 0 Å². The van der Waals surface area contributed by atoms with Gasteiger partial charge >= 0.3 is 0 Å². The predicted molar refractivity (Wildman–Crippen MR) is 124 cm³/mol. The largest absolute Gasteiger partial charge is 0.398 e. The molecule has 30 heavy (non-hydrogen) atoms. The average Bonchev–Trinajstić information content (AvgIpc) is 2.79. The van der Waals surface area contributed by atoms with Gasteiger partial charge in [0.05, 0.1) is 5.52 Å². The topological polar surface area (TPSA) is 68.0 Å². The van der Waals surface area contributed by atoms with Crippen molar-refractivity contribution in [3.8, 4) is 0 Å². The Balaban J connectivity index is 1.46. The van der Waals surface area contributed by atoms with Crippen molar-refractivity contribution < 1.29 is 4.79 Å². The number of rotatable bonds is 6. The minimum Gasteiger partial charge on any atom is -0.398 e. The normalized spacial score (nSPS) is 13.6. The number of aryl methyl sites for hydroxylation is 2. The number of benzene rings is 2. The summed E-state index contributed by atoms with van der Waals surface area (Å²) in [6.45, 7) is 2.16. The number of nitrogens with one attached hydrogen (secondary N) is 1. The average molecular weight is 398 g/mol. The van der Waals surface area contributed by atoms with Crippen LogP contribution in [-0.4, -0.2) is 10.9 Å². The van der Waals surface area contributed by atoms with E-state index in [1.165, 1.54) is 11.1 Å². The molecule has 1 aliphatic carbocycles. The fraction of sp³-hybridized carbons (Fsp3) is 0.231. The molecule has 0 saturated heterocycles. The Kier molecular flexibility index (Phi) is 5.94. The van der Waals surface area contributed by atoms with Crippen LogP contribution in [0.25, 0.3) is 10.9 Å². The lowest BCUT2D eigenvalue weighted by Gasteiger charge is -2.17. The molecule has 1 aliphatic rings. The summed E-state index contributed by atoms with van der Waals surface area (Å²) >= 11 is 0. The SMILES string of the molecule is CCc1ccc(CCC2=CCCC=C2C(=O)Nc2ccc3nccc(N)c3c2)cc1. The van der Waals surface area contributed by atoms with Crippen molar-refractivity contribution in [3.05, 3.63) is 89.2 Å². The van der Waals surface area contributed by atoms with Crippen LogP contribution < -0.4 is 11.1 Å². The number of allylic oxidation sites excluding steroid dienone is 2. The summed E-state index contributed by atoms with van der Waals surface area (Å²) < 4.78 is 0. The van der Waals surface area contributed by atoms with Crippen molar-refractivity contribution in [1.29, 1.82) is 0 Å². The van der Waals surface area contributed by atoms with Crippen LogP contribution in [0.4, 0.5) is 11.4 Å². The number of hydrogen-bond donors (Lipinski definition) is 2. The summed E-state index contributed by atoms with van der Waals surface area (Å²) in [5.41, 5.74) is 12.8. The third-order valence-electron chi connectivity index (χ3n) is 5.64. The second-order valence-electron chi connectivity index (χ2n) is 7.68. The van der Waals surface area contributed by atoms with Crippen molar-refractivity contribution in [2.75, 3.05) is 11.1 Å². The maximum Gasteiger partial charge on any atom is 0.255 e. The molecule has 0 aliphatic heterocycles. The highest BCUT2D eigenvalue weighted by Gasteiger charge is 2.17. The number of nitrogens with two attached hydrogens (primary N) is 1. The summed E-state index contributed by atoms with van der Waals surface area (Å²) in [5, 5.41) is 3.89. The van der Waals surface area contributed by atoms with Gasteiger partial charge in [0.15, 0.2) is 0 Å². The first-order valence-electron chi connectivity index (χ1n) is 10.6. The van der Waals surface area contributed by atoms with Gasteiger partial charge in [0.1, 0.15) is 0 Å². The fourth-order valence-electron chi connectivity index (χ4n) is 3.87. The van der Waals surface area contributed by atoms with Gasteiger partial charge in [-0.25, -0.2) is 0 Å². The molecule has 3 aromatic rings. The number of nitrogen functional groups attached to an aromatic ring is 1. The Morgan fingerprint density at radius 1 is 1.00 bits per heavy atom. The molecule has 0 unspecified atom stereocenters. The van der Waals surface area contributed by atoms with Gasteiger partial charge in [-0.1, -0.05) is 43.3 Å². The van der Waals surface area contributed by atoms with Crippen molar-refractivity contribution in [1.82, 2.24) is 4.98 Å². The molecule has 4 rings (SSSR count). The highest BCUT2D eigenvalue weighted by atomic mass is 16.1. The van der Waals surface area contributed by atoms with Crippen LogP contribution in [0.5, 0.6) is 0 Å². The fourth-order valence-corrected chi connectivity index (χ4v) is 3.87. The Morgan fingerprint density at radius 3 is 2.57 bits per heavy atom. The lowest BCUT2D eigenvalue weighted by Crippen LogP contribution is -2.17. The van der Waals surface area contributed by atoms with Crippen LogP contribution in [0.1, 0.15) is 37.3 Å². The lowest BCUT2D eigenvalue weighted by atomic mass is 9.92. The van der Waals surface area contributed by atoms with Crippen LogP contribution in [0.2, 0.25) is 0 Å². The van der Waals surface area contributed by atoms with Crippen LogP contribution in [0.15, 0.2) is 78.0 Å². The molecular weight excluding hydrogens is 370 g/mol. The van der Waals surface area contributed by atoms with Gasteiger partial charge in [-0.2, -0.15) is 0 Å². The Morgan fingerprint density at radius 2 is 1.77 bits per heavy atom. The lowest BCUT2D eigenvalue weighted by molar-refractivity contribution is -0.112. The van der Waals surface area contributed by atoms with Crippen LogP contribution in [0, 0.1) is 0 Å². The Labute approximate surface area is 177 Å². The quantitative estimate of drug-likeness (QED) is 0.569. The minimum absolute atomic E-state index is 0.0657. The van der Waals surface area contributed by atoms with E-state index < -0.39 is 0 Å². The molecule has 4 nitrogen and oxygen atoms in total. The second-order valence-corrected chi connectivity index (χ2v) is 7.68. The van der Waals surface area contributed by atoms with Gasteiger partial charge in [0.25, 0.3) is 5.91 Å². The van der Waals surface area contributed by atoms with Gasteiger partial charge in [-0.15, -0.1) is 0 Å². The third kappa shape index (κ3) is 4.43.